The summed E-state index contributed by atoms with van der Waals surface area (Å²) >= 11 is 0. The second kappa shape index (κ2) is 5.31. The van der Waals surface area contributed by atoms with Crippen molar-refractivity contribution >= 4 is 5.91 Å². The van der Waals surface area contributed by atoms with E-state index in [1.54, 1.807) is 29.2 Å². The SMILES string of the molecule is N#Cc1cccc(C(=O)N2CCNCC2C#N)c1. The minimum Gasteiger partial charge on any atom is -0.320 e. The second-order valence-corrected chi connectivity index (χ2v) is 4.04. The Bertz CT molecular complexity index is 541. The third-order valence-corrected chi connectivity index (χ3v) is 2.89. The molecule has 90 valence electrons. The van der Waals surface area contributed by atoms with Gasteiger partial charge in [0.2, 0.25) is 0 Å². The third-order valence-electron chi connectivity index (χ3n) is 2.89. The number of carbonyl (C=O) groups excluding carboxylic acids is 1. The fourth-order valence-corrected chi connectivity index (χ4v) is 1.95. The van der Waals surface area contributed by atoms with Crippen LogP contribution in [0.15, 0.2) is 24.3 Å². The Hall–Kier alpha value is -2.37. The molecule has 0 radical (unpaired) electrons. The Morgan fingerprint density at radius 3 is 3.00 bits per heavy atom. The van der Waals surface area contributed by atoms with Gasteiger partial charge in [-0.1, -0.05) is 6.07 Å². The minimum atomic E-state index is -0.447. The molecule has 18 heavy (non-hydrogen) atoms. The van der Waals surface area contributed by atoms with E-state index in [0.717, 1.165) is 0 Å². The number of piperazine rings is 1. The Morgan fingerprint density at radius 1 is 1.44 bits per heavy atom. The van der Waals surface area contributed by atoms with Crippen LogP contribution in [0, 0.1) is 22.7 Å². The Kier molecular flexibility index (Phi) is 3.57. The first-order chi connectivity index (χ1) is 8.76. The molecule has 1 heterocycles. The first kappa shape index (κ1) is 12.1. The highest BCUT2D eigenvalue weighted by Crippen LogP contribution is 2.11. The van der Waals surface area contributed by atoms with Gasteiger partial charge in [-0.15, -0.1) is 0 Å². The first-order valence-corrected chi connectivity index (χ1v) is 5.67. The molecule has 0 bridgehead atoms. The molecule has 5 heteroatoms. The molecular weight excluding hydrogens is 228 g/mol. The number of rotatable bonds is 1. The van der Waals surface area contributed by atoms with Crippen molar-refractivity contribution in [3.05, 3.63) is 35.4 Å². The number of carbonyl (C=O) groups is 1. The summed E-state index contributed by atoms with van der Waals surface area (Å²) in [4.78, 5) is 13.8. The number of nitrogens with one attached hydrogen (secondary N) is 1. The first-order valence-electron chi connectivity index (χ1n) is 5.67. The van der Waals surface area contributed by atoms with Gasteiger partial charge in [-0.2, -0.15) is 10.5 Å². The molecule has 1 unspecified atom stereocenters. The molecule has 1 saturated heterocycles. The standard InChI is InChI=1S/C13H12N4O/c14-7-10-2-1-3-11(6-10)13(18)17-5-4-16-9-12(17)8-15/h1-3,6,12,16H,4-5,9H2. The van der Waals surface area contributed by atoms with Crippen LogP contribution in [0.25, 0.3) is 0 Å². The lowest BCUT2D eigenvalue weighted by Gasteiger charge is -2.32. The van der Waals surface area contributed by atoms with Gasteiger partial charge in [0, 0.05) is 25.2 Å². The van der Waals surface area contributed by atoms with Crippen LogP contribution in [0.2, 0.25) is 0 Å². The summed E-state index contributed by atoms with van der Waals surface area (Å²) in [6, 6.07) is 10.2. The van der Waals surface area contributed by atoms with Crippen LogP contribution in [0.5, 0.6) is 0 Å². The highest BCUT2D eigenvalue weighted by atomic mass is 16.2. The van der Waals surface area contributed by atoms with Crippen LogP contribution in [-0.4, -0.2) is 36.5 Å². The van der Waals surface area contributed by atoms with Gasteiger partial charge in [-0.25, -0.2) is 0 Å². The van der Waals surface area contributed by atoms with Gasteiger partial charge >= 0.3 is 0 Å². The molecule has 1 atom stereocenters. The second-order valence-electron chi connectivity index (χ2n) is 4.04. The van der Waals surface area contributed by atoms with E-state index < -0.39 is 6.04 Å². The van der Waals surface area contributed by atoms with Crippen molar-refractivity contribution in [1.29, 1.82) is 10.5 Å². The average Bonchev–Trinajstić information content (AvgIpc) is 2.46. The van der Waals surface area contributed by atoms with E-state index in [0.29, 0.717) is 30.8 Å². The van der Waals surface area contributed by atoms with E-state index in [9.17, 15) is 4.79 Å². The van der Waals surface area contributed by atoms with Gasteiger partial charge in [0.05, 0.1) is 17.7 Å². The van der Waals surface area contributed by atoms with Crippen LogP contribution >= 0.6 is 0 Å². The van der Waals surface area contributed by atoms with Gasteiger partial charge in [0.1, 0.15) is 6.04 Å². The summed E-state index contributed by atoms with van der Waals surface area (Å²) in [5, 5.41) is 20.9. The van der Waals surface area contributed by atoms with E-state index in [2.05, 4.69) is 11.4 Å². The molecule has 1 fully saturated rings. The maximum absolute atomic E-state index is 12.3. The van der Waals surface area contributed by atoms with Crippen molar-refractivity contribution in [1.82, 2.24) is 10.2 Å². The molecule has 1 aliphatic rings. The highest BCUT2D eigenvalue weighted by molar-refractivity contribution is 5.95. The third kappa shape index (κ3) is 2.32. The molecule has 1 N–H and O–H groups in total. The van der Waals surface area contributed by atoms with E-state index in [-0.39, 0.29) is 5.91 Å². The summed E-state index contributed by atoms with van der Waals surface area (Å²) in [6.45, 7) is 1.68. The van der Waals surface area contributed by atoms with Gasteiger partial charge in [0.25, 0.3) is 5.91 Å². The average molecular weight is 240 g/mol. The van der Waals surface area contributed by atoms with Crippen molar-refractivity contribution in [3.63, 3.8) is 0 Å². The van der Waals surface area contributed by atoms with Gasteiger partial charge < -0.3 is 10.2 Å². The molecule has 0 aromatic heterocycles. The number of amides is 1. The summed E-state index contributed by atoms with van der Waals surface area (Å²) in [5.41, 5.74) is 0.903. The van der Waals surface area contributed by atoms with E-state index in [1.165, 1.54) is 0 Å². The van der Waals surface area contributed by atoms with E-state index in [4.69, 9.17) is 10.5 Å². The molecular formula is C13H12N4O. The summed E-state index contributed by atoms with van der Waals surface area (Å²) in [6.07, 6.45) is 0. The molecule has 1 aromatic carbocycles. The zero-order chi connectivity index (χ0) is 13.0. The maximum atomic E-state index is 12.3. The monoisotopic (exact) mass is 240 g/mol. The number of hydrogen-bond acceptors (Lipinski definition) is 4. The lowest BCUT2D eigenvalue weighted by molar-refractivity contribution is 0.0687. The normalized spacial score (nSPS) is 18.8. The number of hydrogen-bond donors (Lipinski definition) is 1. The summed E-state index contributed by atoms with van der Waals surface area (Å²) in [5.74, 6) is -0.194. The van der Waals surface area contributed by atoms with Crippen LogP contribution in [0.4, 0.5) is 0 Å². The molecule has 5 nitrogen and oxygen atoms in total. The Morgan fingerprint density at radius 2 is 2.28 bits per heavy atom. The van der Waals surface area contributed by atoms with Crippen molar-refractivity contribution in [3.8, 4) is 12.1 Å². The Labute approximate surface area is 105 Å². The van der Waals surface area contributed by atoms with Crippen molar-refractivity contribution in [2.45, 2.75) is 6.04 Å². The summed E-state index contributed by atoms with van der Waals surface area (Å²) < 4.78 is 0. The van der Waals surface area contributed by atoms with E-state index >= 15 is 0 Å². The predicted octanol–water partition coefficient (Wildman–Crippen LogP) is 0.496. The van der Waals surface area contributed by atoms with Crippen LogP contribution in [-0.2, 0) is 0 Å². The zero-order valence-corrected chi connectivity index (χ0v) is 9.76. The molecule has 2 rings (SSSR count). The molecule has 0 saturated carbocycles. The zero-order valence-electron chi connectivity index (χ0n) is 9.76. The quantitative estimate of drug-likeness (QED) is 0.775. The fourth-order valence-electron chi connectivity index (χ4n) is 1.95. The number of benzene rings is 1. The van der Waals surface area contributed by atoms with Crippen molar-refractivity contribution < 1.29 is 4.79 Å². The molecule has 0 spiro atoms. The number of nitrogens with zero attached hydrogens (tertiary/aromatic N) is 3. The molecule has 0 aliphatic carbocycles. The molecule has 1 amide bonds. The largest absolute Gasteiger partial charge is 0.320 e. The van der Waals surface area contributed by atoms with E-state index in [1.807, 2.05) is 6.07 Å². The van der Waals surface area contributed by atoms with Crippen LogP contribution in [0.1, 0.15) is 15.9 Å². The number of nitriles is 2. The lowest BCUT2D eigenvalue weighted by atomic mass is 10.1. The van der Waals surface area contributed by atoms with Crippen molar-refractivity contribution in [2.24, 2.45) is 0 Å². The van der Waals surface area contributed by atoms with Gasteiger partial charge in [-0.05, 0) is 18.2 Å². The Balaban J connectivity index is 2.25. The topological polar surface area (TPSA) is 79.9 Å². The van der Waals surface area contributed by atoms with Gasteiger partial charge in [-0.3, -0.25) is 4.79 Å². The van der Waals surface area contributed by atoms with Crippen LogP contribution in [0.3, 0.4) is 0 Å². The van der Waals surface area contributed by atoms with Crippen molar-refractivity contribution in [2.75, 3.05) is 19.6 Å². The lowest BCUT2D eigenvalue weighted by Crippen LogP contribution is -2.53. The van der Waals surface area contributed by atoms with Crippen LogP contribution < -0.4 is 5.32 Å². The summed E-state index contributed by atoms with van der Waals surface area (Å²) in [7, 11) is 0. The minimum absolute atomic E-state index is 0.194. The maximum Gasteiger partial charge on any atom is 0.255 e. The fraction of sp³-hybridized carbons (Fsp3) is 0.308. The highest BCUT2D eigenvalue weighted by Gasteiger charge is 2.27. The predicted molar refractivity (Wildman–Crippen MR) is 64.5 cm³/mol. The molecule has 1 aromatic rings. The van der Waals surface area contributed by atoms with Gasteiger partial charge in [0.15, 0.2) is 0 Å². The molecule has 1 aliphatic heterocycles. The smallest absolute Gasteiger partial charge is 0.255 e.